The standard InChI is InChI=1S/C64H110NO8P/c1-6-8-10-12-14-16-17-18-19-20-21-22-23-24-25-26-27-28-29-30-31-32-33-34-35-36-37-38-39-40-41-42-43-44-45-46-47-49-51-53-55-57-64(67)73-62(61-72-74(68,69)71-59-58-65(3,4)5)60-70-63(66)56-54-52-50-48-15-13-11-9-7-2/h8,10,14,16,18-19,21-22,24-25,27-28,30-31,33-34,36-37,62H,6-7,9,11-13,15,17,20,23,26,29,32,35,38-61H2,1-5H3/p+1/b10-8-,16-14-,19-18-,22-21-,25-24-,28-27-,31-30-,34-33-,37-36-. The van der Waals surface area contributed by atoms with Crippen LogP contribution in [-0.2, 0) is 32.7 Å². The molecule has 1 N–H and O–H groups in total. The Morgan fingerprint density at radius 3 is 1.15 bits per heavy atom. The van der Waals surface area contributed by atoms with E-state index >= 15 is 0 Å². The second-order valence-corrected chi connectivity index (χ2v) is 22.1. The molecule has 0 fully saturated rings. The number of nitrogens with zero attached hydrogens (tertiary/aromatic N) is 1. The average Bonchev–Trinajstić information content (AvgIpc) is 3.36. The van der Waals surface area contributed by atoms with Crippen LogP contribution in [0.2, 0.25) is 0 Å². The Morgan fingerprint density at radius 1 is 0.432 bits per heavy atom. The minimum atomic E-state index is -4.38. The van der Waals surface area contributed by atoms with Gasteiger partial charge in [-0.2, -0.15) is 0 Å². The van der Waals surface area contributed by atoms with Gasteiger partial charge in [-0.1, -0.05) is 245 Å². The quantitative estimate of drug-likeness (QED) is 0.0211. The third-order valence-corrected chi connectivity index (χ3v) is 13.3. The molecular weight excluding hydrogens is 942 g/mol. The first-order chi connectivity index (χ1) is 36.0. The van der Waals surface area contributed by atoms with Crippen molar-refractivity contribution in [3.05, 3.63) is 109 Å². The van der Waals surface area contributed by atoms with Crippen molar-refractivity contribution in [2.24, 2.45) is 0 Å². The van der Waals surface area contributed by atoms with Crippen molar-refractivity contribution in [1.29, 1.82) is 0 Å². The van der Waals surface area contributed by atoms with Gasteiger partial charge in [0, 0.05) is 12.8 Å². The van der Waals surface area contributed by atoms with Crippen molar-refractivity contribution < 1.29 is 42.1 Å². The molecule has 10 heteroatoms. The van der Waals surface area contributed by atoms with Crippen molar-refractivity contribution >= 4 is 19.8 Å². The normalized spacial score (nSPS) is 14.1. The predicted molar refractivity (Wildman–Crippen MR) is 316 cm³/mol. The van der Waals surface area contributed by atoms with Crippen molar-refractivity contribution in [1.82, 2.24) is 0 Å². The fourth-order valence-electron chi connectivity index (χ4n) is 7.77. The Bertz CT molecular complexity index is 1620. The number of phosphoric ester groups is 1. The molecule has 0 aliphatic rings. The molecule has 0 spiro atoms. The zero-order chi connectivity index (χ0) is 54.2. The van der Waals surface area contributed by atoms with Crippen LogP contribution in [0.15, 0.2) is 109 Å². The molecule has 0 bridgehead atoms. The number of carbonyl (C=O) groups is 2. The van der Waals surface area contributed by atoms with E-state index in [-0.39, 0.29) is 32.0 Å². The number of phosphoric acid groups is 1. The monoisotopic (exact) mass is 1050 g/mol. The summed E-state index contributed by atoms with van der Waals surface area (Å²) in [6.45, 7) is 4.28. The highest BCUT2D eigenvalue weighted by molar-refractivity contribution is 7.47. The molecule has 0 amide bonds. The zero-order valence-electron chi connectivity index (χ0n) is 48.0. The van der Waals surface area contributed by atoms with Gasteiger partial charge in [-0.25, -0.2) is 4.57 Å². The van der Waals surface area contributed by atoms with Gasteiger partial charge in [-0.3, -0.25) is 18.6 Å². The maximum atomic E-state index is 12.8. The lowest BCUT2D eigenvalue weighted by atomic mass is 10.0. The summed E-state index contributed by atoms with van der Waals surface area (Å²) in [5.41, 5.74) is 0. The number of hydrogen-bond donors (Lipinski definition) is 1. The van der Waals surface area contributed by atoms with Gasteiger partial charge in [-0.05, 0) is 83.5 Å². The molecule has 0 saturated carbocycles. The predicted octanol–water partition coefficient (Wildman–Crippen LogP) is 18.6. The van der Waals surface area contributed by atoms with Gasteiger partial charge < -0.3 is 18.9 Å². The number of carbonyl (C=O) groups excluding carboxylic acids is 2. The van der Waals surface area contributed by atoms with E-state index in [0.717, 1.165) is 96.3 Å². The van der Waals surface area contributed by atoms with Crippen LogP contribution in [0.4, 0.5) is 0 Å². The molecule has 0 aliphatic heterocycles. The number of allylic oxidation sites excluding steroid dienone is 18. The zero-order valence-corrected chi connectivity index (χ0v) is 48.9. The van der Waals surface area contributed by atoms with Crippen LogP contribution in [0.3, 0.4) is 0 Å². The minimum absolute atomic E-state index is 0.0292. The second kappa shape index (κ2) is 54.5. The van der Waals surface area contributed by atoms with Gasteiger partial charge in [0.15, 0.2) is 6.10 Å². The van der Waals surface area contributed by atoms with Gasteiger partial charge in [0.1, 0.15) is 19.8 Å². The number of quaternary nitrogens is 1. The SMILES string of the molecule is CC/C=C\C/C=C\C/C=C\C/C=C\C/C=C\C/C=C\C/C=C\C/C=C\C/C=C\CCCCCCCCCCCCCCCC(=O)OC(COC(=O)CCCCCCCCCCC)COP(=O)(O)OCC[N+](C)(C)C. The summed E-state index contributed by atoms with van der Waals surface area (Å²) in [6.07, 6.45) is 76.2. The van der Waals surface area contributed by atoms with E-state index in [9.17, 15) is 19.0 Å². The first-order valence-electron chi connectivity index (χ1n) is 29.6. The van der Waals surface area contributed by atoms with E-state index in [1.165, 1.54) is 103 Å². The lowest BCUT2D eigenvalue weighted by molar-refractivity contribution is -0.870. The first-order valence-corrected chi connectivity index (χ1v) is 31.1. The van der Waals surface area contributed by atoms with Gasteiger partial charge in [0.25, 0.3) is 0 Å². The Labute approximate surface area is 455 Å². The number of rotatable bonds is 53. The second-order valence-electron chi connectivity index (χ2n) is 20.7. The first kappa shape index (κ1) is 70.7. The van der Waals surface area contributed by atoms with Crippen LogP contribution in [-0.4, -0.2) is 74.9 Å². The summed E-state index contributed by atoms with van der Waals surface area (Å²) >= 11 is 0. The smallest absolute Gasteiger partial charge is 0.462 e. The highest BCUT2D eigenvalue weighted by atomic mass is 31.2. The largest absolute Gasteiger partial charge is 0.472 e. The van der Waals surface area contributed by atoms with E-state index in [1.807, 2.05) is 21.1 Å². The van der Waals surface area contributed by atoms with Crippen molar-refractivity contribution in [2.45, 2.75) is 238 Å². The Balaban J connectivity index is 3.96. The molecule has 0 aromatic carbocycles. The maximum absolute atomic E-state index is 12.8. The Hall–Kier alpha value is -3.33. The molecule has 0 aliphatic carbocycles. The molecule has 0 rings (SSSR count). The van der Waals surface area contributed by atoms with E-state index < -0.39 is 26.5 Å². The van der Waals surface area contributed by atoms with Gasteiger partial charge in [0.2, 0.25) is 0 Å². The minimum Gasteiger partial charge on any atom is -0.462 e. The summed E-state index contributed by atoms with van der Waals surface area (Å²) in [7, 11) is 1.47. The van der Waals surface area contributed by atoms with E-state index in [0.29, 0.717) is 17.4 Å². The number of ether oxygens (including phenoxy) is 2. The molecular formula is C64H111NO8P+. The molecule has 0 aromatic heterocycles. The summed E-state index contributed by atoms with van der Waals surface area (Å²) in [5.74, 6) is -0.803. The third kappa shape index (κ3) is 57.9. The van der Waals surface area contributed by atoms with Crippen molar-refractivity contribution in [3.63, 3.8) is 0 Å². The molecule has 0 heterocycles. The van der Waals surface area contributed by atoms with Gasteiger partial charge in [-0.15, -0.1) is 0 Å². The van der Waals surface area contributed by atoms with E-state index in [2.05, 4.69) is 123 Å². The van der Waals surface area contributed by atoms with Crippen LogP contribution in [0, 0.1) is 0 Å². The van der Waals surface area contributed by atoms with Crippen LogP contribution in [0.5, 0.6) is 0 Å². The van der Waals surface area contributed by atoms with Gasteiger partial charge >= 0.3 is 19.8 Å². The third-order valence-electron chi connectivity index (χ3n) is 12.3. The number of esters is 2. The van der Waals surface area contributed by atoms with Crippen molar-refractivity contribution in [2.75, 3.05) is 47.5 Å². The molecule has 2 atom stereocenters. The highest BCUT2D eigenvalue weighted by Crippen LogP contribution is 2.43. The van der Waals surface area contributed by atoms with Crippen LogP contribution >= 0.6 is 7.82 Å². The highest BCUT2D eigenvalue weighted by Gasteiger charge is 2.27. The molecule has 0 saturated heterocycles. The summed E-state index contributed by atoms with van der Waals surface area (Å²) in [5, 5.41) is 0. The molecule has 424 valence electrons. The average molecular weight is 1050 g/mol. The molecule has 9 nitrogen and oxygen atoms in total. The summed E-state index contributed by atoms with van der Waals surface area (Å²) in [6, 6.07) is 0. The van der Waals surface area contributed by atoms with Crippen LogP contribution < -0.4 is 0 Å². The van der Waals surface area contributed by atoms with E-state index in [4.69, 9.17) is 18.5 Å². The van der Waals surface area contributed by atoms with Crippen molar-refractivity contribution in [3.8, 4) is 0 Å². The van der Waals surface area contributed by atoms with Gasteiger partial charge in [0.05, 0.1) is 27.7 Å². The van der Waals surface area contributed by atoms with Crippen LogP contribution in [0.1, 0.15) is 232 Å². The summed E-state index contributed by atoms with van der Waals surface area (Å²) < 4.78 is 34.4. The summed E-state index contributed by atoms with van der Waals surface area (Å²) in [4.78, 5) is 35.5. The maximum Gasteiger partial charge on any atom is 0.472 e. The topological polar surface area (TPSA) is 108 Å². The lowest BCUT2D eigenvalue weighted by Crippen LogP contribution is -2.37. The molecule has 2 unspecified atom stereocenters. The van der Waals surface area contributed by atoms with E-state index in [1.54, 1.807) is 0 Å². The number of unbranched alkanes of at least 4 members (excludes halogenated alkanes) is 21. The Morgan fingerprint density at radius 2 is 0.770 bits per heavy atom. The van der Waals surface area contributed by atoms with Crippen LogP contribution in [0.25, 0.3) is 0 Å². The lowest BCUT2D eigenvalue weighted by Gasteiger charge is -2.24. The molecule has 0 aromatic rings. The molecule has 0 radical (unpaired) electrons. The fourth-order valence-corrected chi connectivity index (χ4v) is 8.51. The Kier molecular flexibility index (Phi) is 52.0. The fraction of sp³-hybridized carbons (Fsp3) is 0.688. The molecule has 74 heavy (non-hydrogen) atoms. The number of hydrogen-bond acceptors (Lipinski definition) is 7. The number of likely N-dealkylation sites (N-methyl/N-ethyl adjacent to an activating group) is 1.